The first-order chi connectivity index (χ1) is 11.5. The van der Waals surface area contributed by atoms with Gasteiger partial charge in [-0.1, -0.05) is 0 Å². The van der Waals surface area contributed by atoms with E-state index >= 15 is 0 Å². The van der Waals surface area contributed by atoms with Crippen molar-refractivity contribution < 1.29 is 29.0 Å². The van der Waals surface area contributed by atoms with Crippen molar-refractivity contribution in [1.29, 1.82) is 0 Å². The molecule has 0 aliphatic heterocycles. The SMILES string of the molecule is COC(=O)c1cc(CNCC(=O)O)cc(NC(=O)OC(C)(C)C)c1C. The molecule has 3 N–H and O–H groups in total. The first-order valence-electron chi connectivity index (χ1n) is 7.68. The Morgan fingerprint density at radius 2 is 1.84 bits per heavy atom. The van der Waals surface area contributed by atoms with Crippen LogP contribution in [0.25, 0.3) is 0 Å². The van der Waals surface area contributed by atoms with Gasteiger partial charge < -0.3 is 19.9 Å². The number of benzene rings is 1. The van der Waals surface area contributed by atoms with Crippen molar-refractivity contribution in [2.45, 2.75) is 39.8 Å². The van der Waals surface area contributed by atoms with Crippen LogP contribution in [-0.2, 0) is 20.8 Å². The van der Waals surface area contributed by atoms with E-state index in [0.29, 0.717) is 16.8 Å². The molecular formula is C17H24N2O6. The maximum Gasteiger partial charge on any atom is 0.412 e. The Morgan fingerprint density at radius 3 is 2.36 bits per heavy atom. The third-order valence-corrected chi connectivity index (χ3v) is 3.11. The van der Waals surface area contributed by atoms with Crippen molar-refractivity contribution in [1.82, 2.24) is 5.32 Å². The van der Waals surface area contributed by atoms with E-state index in [1.807, 2.05) is 0 Å². The number of esters is 1. The van der Waals surface area contributed by atoms with E-state index in [2.05, 4.69) is 10.6 Å². The molecule has 25 heavy (non-hydrogen) atoms. The zero-order chi connectivity index (χ0) is 19.2. The van der Waals surface area contributed by atoms with Crippen LogP contribution in [0.1, 0.15) is 42.3 Å². The van der Waals surface area contributed by atoms with E-state index in [1.165, 1.54) is 7.11 Å². The number of carboxylic acids is 1. The largest absolute Gasteiger partial charge is 0.480 e. The van der Waals surface area contributed by atoms with Gasteiger partial charge in [0.1, 0.15) is 5.60 Å². The summed E-state index contributed by atoms with van der Waals surface area (Å²) in [6.07, 6.45) is -0.651. The van der Waals surface area contributed by atoms with Gasteiger partial charge in [-0.25, -0.2) is 9.59 Å². The van der Waals surface area contributed by atoms with Crippen molar-refractivity contribution in [3.8, 4) is 0 Å². The molecule has 8 heteroatoms. The van der Waals surface area contributed by atoms with Gasteiger partial charge in [0, 0.05) is 12.2 Å². The van der Waals surface area contributed by atoms with Crippen LogP contribution in [0.2, 0.25) is 0 Å². The van der Waals surface area contributed by atoms with Crippen molar-refractivity contribution in [3.05, 3.63) is 28.8 Å². The van der Waals surface area contributed by atoms with Crippen LogP contribution >= 0.6 is 0 Å². The Morgan fingerprint density at radius 1 is 1.20 bits per heavy atom. The molecule has 0 atom stereocenters. The summed E-state index contributed by atoms with van der Waals surface area (Å²) in [5.41, 5.74) is 1.16. The zero-order valence-electron chi connectivity index (χ0n) is 15.1. The van der Waals surface area contributed by atoms with Crippen LogP contribution in [0.3, 0.4) is 0 Å². The van der Waals surface area contributed by atoms with Crippen LogP contribution in [0.5, 0.6) is 0 Å². The second kappa shape index (κ2) is 8.48. The topological polar surface area (TPSA) is 114 Å². The fourth-order valence-electron chi connectivity index (χ4n) is 2.06. The molecule has 1 aromatic carbocycles. The summed E-state index contributed by atoms with van der Waals surface area (Å²) in [6, 6.07) is 3.25. The molecular weight excluding hydrogens is 328 g/mol. The molecule has 0 saturated heterocycles. The fourth-order valence-corrected chi connectivity index (χ4v) is 2.06. The zero-order valence-corrected chi connectivity index (χ0v) is 15.1. The van der Waals surface area contributed by atoms with E-state index in [1.54, 1.807) is 39.8 Å². The number of ether oxygens (including phenoxy) is 2. The number of hydrogen-bond donors (Lipinski definition) is 3. The molecule has 0 radical (unpaired) electrons. The molecule has 0 bridgehead atoms. The van der Waals surface area contributed by atoms with E-state index in [9.17, 15) is 14.4 Å². The third-order valence-electron chi connectivity index (χ3n) is 3.11. The highest BCUT2D eigenvalue weighted by Crippen LogP contribution is 2.23. The minimum absolute atomic E-state index is 0.208. The van der Waals surface area contributed by atoms with Crippen molar-refractivity contribution in [3.63, 3.8) is 0 Å². The molecule has 1 rings (SSSR count). The van der Waals surface area contributed by atoms with Crippen LogP contribution in [-0.4, -0.2) is 42.4 Å². The lowest BCUT2D eigenvalue weighted by Crippen LogP contribution is -2.28. The Bertz CT molecular complexity index is 664. The lowest BCUT2D eigenvalue weighted by atomic mass is 10.0. The molecule has 0 heterocycles. The van der Waals surface area contributed by atoms with Gasteiger partial charge in [-0.15, -0.1) is 0 Å². The minimum Gasteiger partial charge on any atom is -0.480 e. The molecule has 1 aromatic rings. The summed E-state index contributed by atoms with van der Waals surface area (Å²) in [7, 11) is 1.26. The van der Waals surface area contributed by atoms with Crippen LogP contribution in [0.4, 0.5) is 10.5 Å². The molecule has 1 amide bonds. The molecule has 0 saturated carbocycles. The molecule has 138 valence electrons. The summed E-state index contributed by atoms with van der Waals surface area (Å²) in [4.78, 5) is 34.6. The standard InChI is InChI=1S/C17H24N2O6/c1-10-12(15(22)24-5)6-11(8-18-9-14(20)21)7-13(10)19-16(23)25-17(2,3)4/h6-7,18H,8-9H2,1-5H3,(H,19,23)(H,20,21). The highest BCUT2D eigenvalue weighted by atomic mass is 16.6. The predicted molar refractivity (Wildman–Crippen MR) is 91.7 cm³/mol. The van der Waals surface area contributed by atoms with E-state index in [-0.39, 0.29) is 18.7 Å². The lowest BCUT2D eigenvalue weighted by molar-refractivity contribution is -0.136. The Kier molecular flexibility index (Phi) is 6.93. The van der Waals surface area contributed by atoms with Gasteiger partial charge in [0.05, 0.1) is 19.2 Å². The number of rotatable bonds is 6. The minimum atomic E-state index is -0.993. The molecule has 0 spiro atoms. The average molecular weight is 352 g/mol. The summed E-state index contributed by atoms with van der Waals surface area (Å²) >= 11 is 0. The predicted octanol–water partition coefficient (Wildman–Crippen LogP) is 2.30. The highest BCUT2D eigenvalue weighted by molar-refractivity contribution is 5.95. The van der Waals surface area contributed by atoms with Crippen LogP contribution in [0, 0.1) is 6.92 Å². The van der Waals surface area contributed by atoms with Gasteiger partial charge in [-0.2, -0.15) is 0 Å². The number of carboxylic acid groups (broad SMARTS) is 1. The summed E-state index contributed by atoms with van der Waals surface area (Å²) in [5, 5.41) is 14.0. The van der Waals surface area contributed by atoms with Gasteiger partial charge in [0.25, 0.3) is 0 Å². The summed E-state index contributed by atoms with van der Waals surface area (Å²) < 4.78 is 9.97. The van der Waals surface area contributed by atoms with Gasteiger partial charge in [0.15, 0.2) is 0 Å². The van der Waals surface area contributed by atoms with Gasteiger partial charge in [0.2, 0.25) is 0 Å². The highest BCUT2D eigenvalue weighted by Gasteiger charge is 2.19. The van der Waals surface area contributed by atoms with E-state index < -0.39 is 23.6 Å². The second-order valence-electron chi connectivity index (χ2n) is 6.43. The van der Waals surface area contributed by atoms with Crippen molar-refractivity contribution in [2.24, 2.45) is 0 Å². The van der Waals surface area contributed by atoms with E-state index in [0.717, 1.165) is 0 Å². The van der Waals surface area contributed by atoms with Crippen LogP contribution < -0.4 is 10.6 Å². The fraction of sp³-hybridized carbons (Fsp3) is 0.471. The van der Waals surface area contributed by atoms with Crippen LogP contribution in [0.15, 0.2) is 12.1 Å². The Labute approximate surface area is 146 Å². The molecule has 8 nitrogen and oxygen atoms in total. The maximum atomic E-state index is 12.0. The number of anilines is 1. The second-order valence-corrected chi connectivity index (χ2v) is 6.43. The first kappa shape index (κ1) is 20.4. The summed E-state index contributed by atoms with van der Waals surface area (Å²) in [5.74, 6) is -1.54. The van der Waals surface area contributed by atoms with Gasteiger partial charge >= 0.3 is 18.0 Å². The molecule has 0 fully saturated rings. The smallest absolute Gasteiger partial charge is 0.412 e. The molecule has 0 aliphatic carbocycles. The molecule has 0 unspecified atom stereocenters. The number of amides is 1. The van der Waals surface area contributed by atoms with Crippen molar-refractivity contribution >= 4 is 23.7 Å². The monoisotopic (exact) mass is 352 g/mol. The maximum absolute atomic E-state index is 12.0. The van der Waals surface area contributed by atoms with Gasteiger partial charge in [-0.3, -0.25) is 10.1 Å². The molecule has 0 aromatic heterocycles. The number of nitrogens with one attached hydrogen (secondary N) is 2. The Hall–Kier alpha value is -2.61. The van der Waals surface area contributed by atoms with Crippen molar-refractivity contribution in [2.75, 3.05) is 19.0 Å². The number of aliphatic carboxylic acids is 1. The third kappa shape index (κ3) is 6.80. The lowest BCUT2D eigenvalue weighted by Gasteiger charge is -2.21. The van der Waals surface area contributed by atoms with E-state index in [4.69, 9.17) is 14.6 Å². The number of carbonyl (C=O) groups excluding carboxylic acids is 2. The average Bonchev–Trinajstić information content (AvgIpc) is 2.47. The quantitative estimate of drug-likeness (QED) is 0.673. The number of methoxy groups -OCH3 is 1. The number of carbonyl (C=O) groups is 3. The normalized spacial score (nSPS) is 10.9. The van der Waals surface area contributed by atoms with Gasteiger partial charge in [-0.05, 0) is 51.0 Å². The summed E-state index contributed by atoms with van der Waals surface area (Å²) in [6.45, 7) is 6.88. The first-order valence-corrected chi connectivity index (χ1v) is 7.68. The Balaban J connectivity index is 3.10. The molecule has 0 aliphatic rings. The number of hydrogen-bond acceptors (Lipinski definition) is 6.